The second-order valence-electron chi connectivity index (χ2n) is 5.02. The molecule has 0 unspecified atom stereocenters. The van der Waals surface area contributed by atoms with Crippen LogP contribution in [-0.4, -0.2) is 18.5 Å². The summed E-state index contributed by atoms with van der Waals surface area (Å²) < 4.78 is 4.90. The quantitative estimate of drug-likeness (QED) is 0.521. The Labute approximate surface area is 140 Å². The molecule has 24 heavy (non-hydrogen) atoms. The summed E-state index contributed by atoms with van der Waals surface area (Å²) in [6, 6.07) is 18.0. The number of esters is 1. The van der Waals surface area contributed by atoms with E-state index in [1.54, 1.807) is 42.5 Å². The summed E-state index contributed by atoms with van der Waals surface area (Å²) in [4.78, 5) is 23.8. The largest absolute Gasteiger partial charge is 0.451 e. The molecule has 0 heterocycles. The van der Waals surface area contributed by atoms with Crippen molar-refractivity contribution in [1.82, 2.24) is 0 Å². The van der Waals surface area contributed by atoms with Crippen LogP contribution in [0, 0.1) is 18.3 Å². The SMILES string of the molecule is Cc1ccccc1NC(=O)COC(=O)C(C#N)=Cc1ccccc1. The van der Waals surface area contributed by atoms with Gasteiger partial charge in [0.05, 0.1) is 0 Å². The van der Waals surface area contributed by atoms with Crippen LogP contribution in [0.2, 0.25) is 0 Å². The number of nitriles is 1. The molecule has 120 valence electrons. The fraction of sp³-hybridized carbons (Fsp3) is 0.105. The number of nitrogens with zero attached hydrogens (tertiary/aromatic N) is 1. The van der Waals surface area contributed by atoms with E-state index in [0.717, 1.165) is 5.56 Å². The van der Waals surface area contributed by atoms with Crippen LogP contribution in [0.15, 0.2) is 60.2 Å². The van der Waals surface area contributed by atoms with Gasteiger partial charge in [-0.15, -0.1) is 0 Å². The topological polar surface area (TPSA) is 79.2 Å². The first-order valence-corrected chi connectivity index (χ1v) is 7.29. The molecular weight excluding hydrogens is 304 g/mol. The molecule has 0 saturated carbocycles. The van der Waals surface area contributed by atoms with Crippen molar-refractivity contribution in [3.8, 4) is 6.07 Å². The Morgan fingerprint density at radius 3 is 2.46 bits per heavy atom. The molecule has 2 aromatic rings. The molecule has 0 aliphatic carbocycles. The predicted molar refractivity (Wildman–Crippen MR) is 90.8 cm³/mol. The minimum Gasteiger partial charge on any atom is -0.451 e. The van der Waals surface area contributed by atoms with E-state index in [4.69, 9.17) is 10.00 Å². The van der Waals surface area contributed by atoms with Gasteiger partial charge in [-0.25, -0.2) is 4.79 Å². The highest BCUT2D eigenvalue weighted by Gasteiger charge is 2.13. The van der Waals surface area contributed by atoms with Crippen molar-refractivity contribution in [2.24, 2.45) is 0 Å². The first kappa shape index (κ1) is 17.0. The number of hydrogen-bond donors (Lipinski definition) is 1. The summed E-state index contributed by atoms with van der Waals surface area (Å²) in [6.07, 6.45) is 1.42. The third-order valence-corrected chi connectivity index (χ3v) is 3.20. The first-order valence-electron chi connectivity index (χ1n) is 7.29. The number of anilines is 1. The Morgan fingerprint density at radius 1 is 1.12 bits per heavy atom. The molecule has 1 N–H and O–H groups in total. The smallest absolute Gasteiger partial charge is 0.349 e. The molecule has 0 saturated heterocycles. The zero-order valence-electron chi connectivity index (χ0n) is 13.2. The molecule has 5 heteroatoms. The van der Waals surface area contributed by atoms with Crippen LogP contribution in [0.1, 0.15) is 11.1 Å². The summed E-state index contributed by atoms with van der Waals surface area (Å²) in [5, 5.41) is 11.7. The number of rotatable bonds is 5. The number of aryl methyl sites for hydroxylation is 1. The number of carbonyl (C=O) groups excluding carboxylic acids is 2. The molecule has 0 aromatic heterocycles. The Kier molecular flexibility index (Phi) is 5.87. The monoisotopic (exact) mass is 320 g/mol. The maximum Gasteiger partial charge on any atom is 0.349 e. The van der Waals surface area contributed by atoms with E-state index in [-0.39, 0.29) is 5.57 Å². The number of benzene rings is 2. The second kappa shape index (κ2) is 8.30. The van der Waals surface area contributed by atoms with E-state index in [2.05, 4.69) is 5.32 Å². The van der Waals surface area contributed by atoms with Crippen LogP contribution in [-0.2, 0) is 14.3 Å². The molecular formula is C19H16N2O3. The van der Waals surface area contributed by atoms with E-state index >= 15 is 0 Å². The van der Waals surface area contributed by atoms with Crippen LogP contribution in [0.4, 0.5) is 5.69 Å². The minimum atomic E-state index is -0.832. The summed E-state index contributed by atoms with van der Waals surface area (Å²) >= 11 is 0. The van der Waals surface area contributed by atoms with Gasteiger partial charge in [0.25, 0.3) is 5.91 Å². The van der Waals surface area contributed by atoms with Gasteiger partial charge in [-0.05, 0) is 30.2 Å². The molecule has 0 aliphatic heterocycles. The zero-order valence-corrected chi connectivity index (χ0v) is 13.2. The molecule has 2 aromatic carbocycles. The van der Waals surface area contributed by atoms with Crippen molar-refractivity contribution in [2.45, 2.75) is 6.92 Å². The predicted octanol–water partition coefficient (Wildman–Crippen LogP) is 3.08. The summed E-state index contributed by atoms with van der Waals surface area (Å²) in [5.74, 6) is -1.30. The molecule has 2 rings (SSSR count). The van der Waals surface area contributed by atoms with E-state index in [9.17, 15) is 9.59 Å². The Hall–Kier alpha value is -3.39. The second-order valence-corrected chi connectivity index (χ2v) is 5.02. The number of para-hydroxylation sites is 1. The van der Waals surface area contributed by atoms with E-state index in [1.165, 1.54) is 6.08 Å². The third kappa shape index (κ3) is 4.82. The highest BCUT2D eigenvalue weighted by Crippen LogP contribution is 2.13. The average Bonchev–Trinajstić information content (AvgIpc) is 2.60. The number of amides is 1. The third-order valence-electron chi connectivity index (χ3n) is 3.20. The van der Waals surface area contributed by atoms with Crippen LogP contribution >= 0.6 is 0 Å². The van der Waals surface area contributed by atoms with Gasteiger partial charge in [-0.2, -0.15) is 5.26 Å². The minimum absolute atomic E-state index is 0.162. The molecule has 0 spiro atoms. The van der Waals surface area contributed by atoms with Crippen molar-refractivity contribution < 1.29 is 14.3 Å². The van der Waals surface area contributed by atoms with Crippen molar-refractivity contribution in [3.05, 3.63) is 71.3 Å². The molecule has 0 atom stereocenters. The first-order chi connectivity index (χ1) is 11.6. The zero-order chi connectivity index (χ0) is 17.4. The van der Waals surface area contributed by atoms with E-state index in [0.29, 0.717) is 11.3 Å². The van der Waals surface area contributed by atoms with E-state index in [1.807, 2.05) is 25.1 Å². The summed E-state index contributed by atoms with van der Waals surface area (Å²) in [6.45, 7) is 1.40. The lowest BCUT2D eigenvalue weighted by atomic mass is 10.1. The number of nitrogens with one attached hydrogen (secondary N) is 1. The lowest BCUT2D eigenvalue weighted by Gasteiger charge is -2.08. The van der Waals surface area contributed by atoms with Crippen LogP contribution in [0.3, 0.4) is 0 Å². The fourth-order valence-corrected chi connectivity index (χ4v) is 1.96. The molecule has 0 radical (unpaired) electrons. The molecule has 1 amide bonds. The van der Waals surface area contributed by atoms with Crippen molar-refractivity contribution in [1.29, 1.82) is 5.26 Å². The van der Waals surface area contributed by atoms with Crippen molar-refractivity contribution >= 4 is 23.6 Å². The van der Waals surface area contributed by atoms with Gasteiger partial charge in [0.15, 0.2) is 6.61 Å². The molecule has 0 bridgehead atoms. The van der Waals surface area contributed by atoms with Crippen LogP contribution < -0.4 is 5.32 Å². The molecule has 5 nitrogen and oxygen atoms in total. The standard InChI is InChI=1S/C19H16N2O3/c1-14-7-5-6-10-17(14)21-18(22)13-24-19(23)16(12-20)11-15-8-3-2-4-9-15/h2-11H,13H2,1H3,(H,21,22). The highest BCUT2D eigenvalue weighted by molar-refractivity contribution is 6.00. The van der Waals surface area contributed by atoms with Gasteiger partial charge in [-0.3, -0.25) is 4.79 Å². The van der Waals surface area contributed by atoms with Crippen molar-refractivity contribution in [2.75, 3.05) is 11.9 Å². The maximum atomic E-state index is 11.9. The van der Waals surface area contributed by atoms with Crippen LogP contribution in [0.5, 0.6) is 0 Å². The van der Waals surface area contributed by atoms with Crippen molar-refractivity contribution in [3.63, 3.8) is 0 Å². The maximum absolute atomic E-state index is 11.9. The van der Waals surface area contributed by atoms with E-state index < -0.39 is 18.5 Å². The Balaban J connectivity index is 1.94. The number of ether oxygens (including phenoxy) is 1. The lowest BCUT2D eigenvalue weighted by Crippen LogP contribution is -2.21. The Morgan fingerprint density at radius 2 is 1.79 bits per heavy atom. The summed E-state index contributed by atoms with van der Waals surface area (Å²) in [7, 11) is 0. The average molecular weight is 320 g/mol. The van der Waals surface area contributed by atoms with Gasteiger partial charge in [0.2, 0.25) is 0 Å². The highest BCUT2D eigenvalue weighted by atomic mass is 16.5. The van der Waals surface area contributed by atoms with Gasteiger partial charge < -0.3 is 10.1 Å². The van der Waals surface area contributed by atoms with Gasteiger partial charge in [0.1, 0.15) is 11.6 Å². The molecule has 0 fully saturated rings. The lowest BCUT2D eigenvalue weighted by molar-refractivity contribution is -0.142. The molecule has 0 aliphatic rings. The Bertz CT molecular complexity index is 805. The van der Waals surface area contributed by atoms with Gasteiger partial charge in [-0.1, -0.05) is 48.5 Å². The van der Waals surface area contributed by atoms with Crippen LogP contribution in [0.25, 0.3) is 6.08 Å². The number of carbonyl (C=O) groups is 2. The summed E-state index contributed by atoms with van der Waals surface area (Å²) in [5.41, 5.74) is 2.10. The van der Waals surface area contributed by atoms with Gasteiger partial charge >= 0.3 is 5.97 Å². The van der Waals surface area contributed by atoms with Gasteiger partial charge in [0, 0.05) is 5.69 Å². The normalized spacial score (nSPS) is 10.6. The number of hydrogen-bond acceptors (Lipinski definition) is 4. The fourth-order valence-electron chi connectivity index (χ4n) is 1.96.